The molecule has 1 N–H and O–H groups in total. The van der Waals surface area contributed by atoms with Crippen molar-refractivity contribution >= 4 is 5.91 Å². The average molecular weight is 291 g/mol. The van der Waals surface area contributed by atoms with Gasteiger partial charge in [-0.3, -0.25) is 9.32 Å². The summed E-state index contributed by atoms with van der Waals surface area (Å²) >= 11 is 0. The number of ether oxygens (including phenoxy) is 1. The highest BCUT2D eigenvalue weighted by Gasteiger charge is 2.10. The Labute approximate surface area is 120 Å². The molecule has 1 aromatic heterocycles. The molecule has 0 saturated carbocycles. The van der Waals surface area contributed by atoms with Crippen LogP contribution in [-0.2, 0) is 11.2 Å². The zero-order chi connectivity index (χ0) is 15.1. The lowest BCUT2D eigenvalue weighted by Gasteiger charge is -2.00. The largest absolute Gasteiger partial charge is 0.439 e. The third-order valence-corrected chi connectivity index (χ3v) is 2.50. The van der Waals surface area contributed by atoms with Gasteiger partial charge in [0.05, 0.1) is 0 Å². The maximum absolute atomic E-state index is 12.8. The molecule has 2 rings (SSSR count). The van der Waals surface area contributed by atoms with E-state index in [2.05, 4.69) is 22.0 Å². The molecule has 1 aromatic carbocycles. The Kier molecular flexibility index (Phi) is 5.03. The van der Waals surface area contributed by atoms with E-state index in [4.69, 9.17) is 9.26 Å². The Morgan fingerprint density at radius 2 is 2.19 bits per heavy atom. The van der Waals surface area contributed by atoms with Crippen LogP contribution in [0.5, 0.6) is 6.08 Å². The van der Waals surface area contributed by atoms with Gasteiger partial charge in [-0.15, -0.1) is 6.58 Å². The Balaban J connectivity index is 1.85. The van der Waals surface area contributed by atoms with Crippen molar-refractivity contribution in [2.45, 2.75) is 6.42 Å². The Bertz CT molecular complexity index is 610. The number of hydrogen-bond acceptors (Lipinski definition) is 5. The molecule has 2 aromatic rings. The summed E-state index contributed by atoms with van der Waals surface area (Å²) in [6.07, 6.45) is 1.86. The van der Waals surface area contributed by atoms with Crippen molar-refractivity contribution in [2.75, 3.05) is 13.2 Å². The number of carbonyl (C=O) groups excluding carboxylic acids is 1. The van der Waals surface area contributed by atoms with Crippen molar-refractivity contribution in [1.29, 1.82) is 0 Å². The molecule has 0 radical (unpaired) electrons. The first-order chi connectivity index (χ1) is 10.2. The second kappa shape index (κ2) is 7.18. The molecule has 0 fully saturated rings. The highest BCUT2D eigenvalue weighted by atomic mass is 19.1. The van der Waals surface area contributed by atoms with Crippen molar-refractivity contribution in [3.63, 3.8) is 0 Å². The van der Waals surface area contributed by atoms with Crippen molar-refractivity contribution in [3.8, 4) is 6.08 Å². The minimum atomic E-state index is -0.312. The number of benzene rings is 1. The van der Waals surface area contributed by atoms with Crippen LogP contribution in [0.4, 0.5) is 4.39 Å². The number of rotatable bonds is 7. The molecular formula is C14H14FN3O3. The van der Waals surface area contributed by atoms with Crippen LogP contribution in [0.25, 0.3) is 0 Å². The first kappa shape index (κ1) is 14.7. The topological polar surface area (TPSA) is 77.2 Å². The molecular weight excluding hydrogens is 277 g/mol. The second-order valence-corrected chi connectivity index (χ2v) is 4.16. The highest BCUT2D eigenvalue weighted by molar-refractivity contribution is 5.77. The third kappa shape index (κ3) is 4.72. The van der Waals surface area contributed by atoms with E-state index in [0.717, 1.165) is 5.56 Å². The van der Waals surface area contributed by atoms with Crippen molar-refractivity contribution < 1.29 is 18.4 Å². The van der Waals surface area contributed by atoms with Crippen molar-refractivity contribution in [3.05, 3.63) is 54.1 Å². The summed E-state index contributed by atoms with van der Waals surface area (Å²) in [4.78, 5) is 15.3. The van der Waals surface area contributed by atoms with Gasteiger partial charge in [0.25, 0.3) is 5.91 Å². The normalized spacial score (nSPS) is 10.1. The monoisotopic (exact) mass is 291 g/mol. The molecule has 0 bridgehead atoms. The summed E-state index contributed by atoms with van der Waals surface area (Å²) in [6, 6.07) is 5.98. The molecule has 110 valence electrons. The zero-order valence-corrected chi connectivity index (χ0v) is 11.2. The molecule has 7 heteroatoms. The number of carbonyl (C=O) groups is 1. The van der Waals surface area contributed by atoms with Gasteiger partial charge in [-0.1, -0.05) is 23.4 Å². The first-order valence-corrected chi connectivity index (χ1v) is 6.25. The molecule has 0 aliphatic rings. The van der Waals surface area contributed by atoms with E-state index in [1.165, 1.54) is 12.1 Å². The van der Waals surface area contributed by atoms with Crippen LogP contribution < -0.4 is 10.1 Å². The molecule has 0 spiro atoms. The van der Waals surface area contributed by atoms with Crippen LogP contribution in [0.2, 0.25) is 0 Å². The average Bonchev–Trinajstić information content (AvgIpc) is 2.93. The molecule has 0 atom stereocenters. The van der Waals surface area contributed by atoms with Crippen molar-refractivity contribution in [1.82, 2.24) is 15.5 Å². The summed E-state index contributed by atoms with van der Waals surface area (Å²) < 4.78 is 22.7. The third-order valence-electron chi connectivity index (χ3n) is 2.50. The predicted octanol–water partition coefficient (Wildman–Crippen LogP) is 1.48. The van der Waals surface area contributed by atoms with E-state index in [-0.39, 0.29) is 24.4 Å². The maximum Gasteiger partial charge on any atom is 0.417 e. The summed E-state index contributed by atoms with van der Waals surface area (Å²) in [5.74, 6) is -0.224. The van der Waals surface area contributed by atoms with Gasteiger partial charge in [-0.25, -0.2) is 4.39 Å². The fourth-order valence-corrected chi connectivity index (χ4v) is 1.52. The van der Waals surface area contributed by atoms with Gasteiger partial charge in [0.1, 0.15) is 5.82 Å². The van der Waals surface area contributed by atoms with Crippen molar-refractivity contribution in [2.24, 2.45) is 0 Å². The van der Waals surface area contributed by atoms with Gasteiger partial charge >= 0.3 is 6.08 Å². The number of nitrogens with zero attached hydrogens (tertiary/aromatic N) is 2. The predicted molar refractivity (Wildman–Crippen MR) is 72.2 cm³/mol. The molecule has 1 heterocycles. The lowest BCUT2D eigenvalue weighted by atomic mass is 10.1. The van der Waals surface area contributed by atoms with E-state index in [9.17, 15) is 9.18 Å². The molecule has 1 amide bonds. The van der Waals surface area contributed by atoms with Gasteiger partial charge < -0.3 is 10.1 Å². The smallest absolute Gasteiger partial charge is 0.417 e. The van der Waals surface area contributed by atoms with E-state index in [1.807, 2.05) is 0 Å². The number of halogens is 1. The summed E-state index contributed by atoms with van der Waals surface area (Å²) in [5.41, 5.74) is 0.840. The molecule has 0 aliphatic heterocycles. The highest BCUT2D eigenvalue weighted by Crippen LogP contribution is 2.11. The number of hydrogen-bond donors (Lipinski definition) is 1. The van der Waals surface area contributed by atoms with Crippen LogP contribution >= 0.6 is 0 Å². The van der Waals surface area contributed by atoms with Crippen LogP contribution in [0.15, 0.2) is 41.4 Å². The minimum Gasteiger partial charge on any atom is -0.439 e. The lowest BCUT2D eigenvalue weighted by Crippen LogP contribution is -2.28. The summed E-state index contributed by atoms with van der Waals surface area (Å²) in [7, 11) is 0. The number of aromatic nitrogens is 2. The number of nitrogens with one attached hydrogen (secondary N) is 1. The molecule has 21 heavy (non-hydrogen) atoms. The van der Waals surface area contributed by atoms with Crippen LogP contribution in [0.3, 0.4) is 0 Å². The van der Waals surface area contributed by atoms with E-state index in [1.54, 1.807) is 18.2 Å². The molecule has 0 saturated heterocycles. The summed E-state index contributed by atoms with van der Waals surface area (Å²) in [5, 5.41) is 6.27. The molecule has 0 unspecified atom stereocenters. The minimum absolute atomic E-state index is 0.0825. The van der Waals surface area contributed by atoms with Gasteiger partial charge in [-0.05, 0) is 17.7 Å². The SMILES string of the molecule is C=CCNC(=O)COc1nc(Cc2ccc(F)cc2)no1. The van der Waals surface area contributed by atoms with Gasteiger partial charge in [0.2, 0.25) is 0 Å². The maximum atomic E-state index is 12.8. The summed E-state index contributed by atoms with van der Waals surface area (Å²) in [6.45, 7) is 3.63. The van der Waals surface area contributed by atoms with Gasteiger partial charge in [0, 0.05) is 13.0 Å². The zero-order valence-electron chi connectivity index (χ0n) is 11.2. The Morgan fingerprint density at radius 1 is 1.43 bits per heavy atom. The lowest BCUT2D eigenvalue weighted by molar-refractivity contribution is -0.123. The first-order valence-electron chi connectivity index (χ1n) is 6.25. The van der Waals surface area contributed by atoms with Crippen LogP contribution in [0, 0.1) is 5.82 Å². The van der Waals surface area contributed by atoms with E-state index >= 15 is 0 Å². The number of amides is 1. The quantitative estimate of drug-likeness (QED) is 0.782. The van der Waals surface area contributed by atoms with E-state index < -0.39 is 0 Å². The van der Waals surface area contributed by atoms with Gasteiger partial charge in [-0.2, -0.15) is 4.98 Å². The standard InChI is InChI=1S/C14H14FN3O3/c1-2-7-16-13(19)9-20-14-17-12(18-21-14)8-10-3-5-11(15)6-4-10/h2-6H,1,7-9H2,(H,16,19). The molecule has 0 aliphatic carbocycles. The Hall–Kier alpha value is -2.70. The molecule has 6 nitrogen and oxygen atoms in total. The second-order valence-electron chi connectivity index (χ2n) is 4.16. The van der Waals surface area contributed by atoms with E-state index in [0.29, 0.717) is 18.8 Å². The fraction of sp³-hybridized carbons (Fsp3) is 0.214. The van der Waals surface area contributed by atoms with Crippen LogP contribution in [-0.4, -0.2) is 29.2 Å². The Morgan fingerprint density at radius 3 is 2.90 bits per heavy atom. The fourth-order valence-electron chi connectivity index (χ4n) is 1.52. The van der Waals surface area contributed by atoms with Crippen LogP contribution in [0.1, 0.15) is 11.4 Å². The van der Waals surface area contributed by atoms with Gasteiger partial charge in [0.15, 0.2) is 12.4 Å².